The number of rotatable bonds is 31. The maximum atomic E-state index is 15.2. The topological polar surface area (TPSA) is 257 Å². The van der Waals surface area contributed by atoms with Crippen LogP contribution in [0.4, 0.5) is 4.79 Å². The molecule has 2 fully saturated rings. The highest BCUT2D eigenvalue weighted by Gasteiger charge is 2.66. The largest absolute Gasteiger partial charge is 0.466 e. The van der Waals surface area contributed by atoms with Gasteiger partial charge in [-0.2, -0.15) is 0 Å². The molecule has 5 rings (SSSR count). The highest BCUT2D eigenvalue weighted by Crippen LogP contribution is 2.56. The van der Waals surface area contributed by atoms with Crippen molar-refractivity contribution in [3.05, 3.63) is 95.1 Å². The lowest BCUT2D eigenvalue weighted by atomic mass is 9.57. The number of benzene rings is 2. The van der Waals surface area contributed by atoms with Gasteiger partial charge in [0, 0.05) is 37.0 Å². The molecule has 472 valence electrons. The molecule has 1 amide bonds. The van der Waals surface area contributed by atoms with E-state index in [2.05, 4.69) is 24.4 Å². The van der Waals surface area contributed by atoms with Gasteiger partial charge in [-0.05, 0) is 102 Å². The van der Waals surface area contributed by atoms with Crippen LogP contribution in [0.1, 0.15) is 213 Å². The number of nitrogens with one attached hydrogen (secondary N) is 1. The molecule has 1 aliphatic heterocycles. The van der Waals surface area contributed by atoms with Gasteiger partial charge in [0.05, 0.1) is 37.7 Å². The smallest absolute Gasteiger partial charge is 0.408 e. The summed E-state index contributed by atoms with van der Waals surface area (Å²) in [6, 6.07) is 14.6. The van der Waals surface area contributed by atoms with E-state index >= 15 is 9.59 Å². The van der Waals surface area contributed by atoms with Crippen LogP contribution in [0.5, 0.6) is 0 Å². The first-order valence-electron chi connectivity index (χ1n) is 30.9. The Bertz CT molecular complexity index is 2570. The van der Waals surface area contributed by atoms with E-state index in [1.54, 1.807) is 83.1 Å². The summed E-state index contributed by atoms with van der Waals surface area (Å²) >= 11 is 0. The lowest BCUT2D eigenvalue weighted by Crippen LogP contribution is -2.68. The first kappa shape index (κ1) is 69.8. The van der Waals surface area contributed by atoms with Crippen LogP contribution in [-0.2, 0) is 57.1 Å². The van der Waals surface area contributed by atoms with Gasteiger partial charge in [-0.1, -0.05) is 146 Å². The summed E-state index contributed by atoms with van der Waals surface area (Å²) < 4.78 is 41.8. The molecule has 0 spiro atoms. The number of Topliss-reactive ketones (excluding diaryl/α,β-unsaturated/α-hetero) is 1. The summed E-state index contributed by atoms with van der Waals surface area (Å²) in [6.07, 6.45) is 8.56. The number of amides is 1. The average Bonchev–Trinajstić information content (AvgIpc) is 1.81. The highest BCUT2D eigenvalue weighted by atomic mass is 16.6. The molecule has 3 aliphatic rings. The first-order valence-corrected chi connectivity index (χ1v) is 30.9. The van der Waals surface area contributed by atoms with E-state index in [1.807, 2.05) is 0 Å². The molecular formula is C67H97NO17. The molecule has 85 heavy (non-hydrogen) atoms. The SMILES string of the molecule is CCCCCCCC/C=C\CCCCCCCCOC(=O)CCC(=O)O[C@@H](C(=O)O[C@H]1C[C@@]2(O)[C@@H](OC(=O)c3ccccc3)C[C@H]([C@]3(OC(C)=O)CO[C@@H]3C[C@@H](C)O)[C@H](C)C(=O)[C@H](O)C(=C1C)C2(C)C)[C@@H](NC(=O)OC(C)(C)C)c1ccccc1. The van der Waals surface area contributed by atoms with Crippen molar-refractivity contribution in [2.24, 2.45) is 17.3 Å². The summed E-state index contributed by atoms with van der Waals surface area (Å²) in [6.45, 7) is 16.0. The molecule has 4 N–H and O–H groups in total. The van der Waals surface area contributed by atoms with Gasteiger partial charge in [-0.25, -0.2) is 14.4 Å². The normalized spacial score (nSPS) is 25.0. The molecular weight excluding hydrogens is 1090 g/mol. The van der Waals surface area contributed by atoms with E-state index in [4.69, 9.17) is 33.2 Å². The average molecular weight is 1190 g/mol. The second-order valence-corrected chi connectivity index (χ2v) is 25.0. The van der Waals surface area contributed by atoms with E-state index in [1.165, 1.54) is 78.4 Å². The predicted molar refractivity (Wildman–Crippen MR) is 318 cm³/mol. The fourth-order valence-corrected chi connectivity index (χ4v) is 12.2. The number of alkyl carbamates (subject to hydrolysis) is 1. The van der Waals surface area contributed by atoms with Gasteiger partial charge in [-0.3, -0.25) is 19.2 Å². The lowest BCUT2D eigenvalue weighted by Gasteiger charge is -2.56. The lowest BCUT2D eigenvalue weighted by molar-refractivity contribution is -0.288. The zero-order chi connectivity index (χ0) is 62.5. The van der Waals surface area contributed by atoms with E-state index in [0.29, 0.717) is 6.42 Å². The molecule has 2 bridgehead atoms. The maximum Gasteiger partial charge on any atom is 0.408 e. The van der Waals surface area contributed by atoms with Crippen molar-refractivity contribution in [2.45, 2.75) is 251 Å². The maximum absolute atomic E-state index is 15.2. The Balaban J connectivity index is 1.40. The fourth-order valence-electron chi connectivity index (χ4n) is 12.2. The van der Waals surface area contributed by atoms with Crippen LogP contribution in [0, 0.1) is 17.3 Å². The quantitative estimate of drug-likeness (QED) is 0.0237. The summed E-state index contributed by atoms with van der Waals surface area (Å²) in [5, 5.41) is 39.4. The van der Waals surface area contributed by atoms with Crippen molar-refractivity contribution >= 4 is 41.7 Å². The zero-order valence-electron chi connectivity index (χ0n) is 52.0. The van der Waals surface area contributed by atoms with Gasteiger partial charge < -0.3 is 53.8 Å². The number of allylic oxidation sites excluding steroid dienone is 2. The van der Waals surface area contributed by atoms with Crippen LogP contribution in [0.15, 0.2) is 84.0 Å². The summed E-state index contributed by atoms with van der Waals surface area (Å²) in [4.78, 5) is 98.2. The van der Waals surface area contributed by atoms with Crippen molar-refractivity contribution in [3.63, 3.8) is 0 Å². The monoisotopic (exact) mass is 1190 g/mol. The molecule has 1 heterocycles. The summed E-state index contributed by atoms with van der Waals surface area (Å²) in [5.41, 5.74) is -6.13. The predicted octanol–water partition coefficient (Wildman–Crippen LogP) is 11.2. The van der Waals surface area contributed by atoms with Gasteiger partial charge in [0.25, 0.3) is 0 Å². The molecule has 1 saturated heterocycles. The minimum atomic E-state index is -2.33. The molecule has 0 unspecified atom stereocenters. The van der Waals surface area contributed by atoms with Crippen molar-refractivity contribution in [2.75, 3.05) is 13.2 Å². The molecule has 18 nitrogen and oxygen atoms in total. The van der Waals surface area contributed by atoms with Crippen LogP contribution in [0.25, 0.3) is 0 Å². The zero-order valence-corrected chi connectivity index (χ0v) is 52.0. The highest BCUT2D eigenvalue weighted by molar-refractivity contribution is 5.90. The number of ether oxygens (including phenoxy) is 7. The molecule has 11 atom stereocenters. The van der Waals surface area contributed by atoms with Crippen LogP contribution < -0.4 is 5.32 Å². The third-order valence-corrected chi connectivity index (χ3v) is 16.9. The Labute approximate surface area is 503 Å². The number of ketones is 1. The number of carbonyl (C=O) groups excluding carboxylic acids is 7. The van der Waals surface area contributed by atoms with Crippen molar-refractivity contribution in [1.29, 1.82) is 0 Å². The van der Waals surface area contributed by atoms with Crippen molar-refractivity contribution in [1.82, 2.24) is 5.32 Å². The Morgan fingerprint density at radius 1 is 0.824 bits per heavy atom. The minimum Gasteiger partial charge on any atom is -0.466 e. The third kappa shape index (κ3) is 19.5. The number of esters is 5. The van der Waals surface area contributed by atoms with E-state index in [0.717, 1.165) is 44.9 Å². The molecule has 1 saturated carbocycles. The van der Waals surface area contributed by atoms with Crippen LogP contribution in [0.3, 0.4) is 0 Å². The van der Waals surface area contributed by atoms with Gasteiger partial charge in [0.15, 0.2) is 11.4 Å². The standard InChI is InChI=1S/C67H97NO17/c1-11-12-13-14-15-16-17-18-19-20-21-22-23-24-25-32-39-79-54(71)37-38-55(72)83-60(57(48-33-28-26-29-34-48)68-63(77)85-64(6,7)8)62(76)81-51-42-67(78)53(82-61(75)49-35-30-27-31-36-49)41-50(66(84-47(5)70)43-80-52(66)40-44(2)69)45(3)58(73)59(74)56(46(51)4)65(67,9)10/h18-19,26-31,33-36,44-45,50-53,57,59-60,69,74,78H,11-17,20-25,32,37-43H2,1-10H3,(H,68,77)/b19-18-/t44-,45+,50+,51+,52-,53+,57+,59-,60-,66-,67-/m1/s1. The van der Waals surface area contributed by atoms with E-state index in [9.17, 15) is 39.3 Å². The van der Waals surface area contributed by atoms with Crippen molar-refractivity contribution < 1.29 is 82.0 Å². The second kappa shape index (κ2) is 32.7. The van der Waals surface area contributed by atoms with Crippen molar-refractivity contribution in [3.8, 4) is 0 Å². The number of hydrogen-bond donors (Lipinski definition) is 4. The molecule has 2 aromatic rings. The van der Waals surface area contributed by atoms with Gasteiger partial charge in [-0.15, -0.1) is 0 Å². The van der Waals surface area contributed by atoms with E-state index in [-0.39, 0.29) is 48.3 Å². The molecule has 2 aromatic carbocycles. The third-order valence-electron chi connectivity index (χ3n) is 16.9. The molecule has 0 radical (unpaired) electrons. The van der Waals surface area contributed by atoms with Gasteiger partial charge in [0.1, 0.15) is 41.7 Å². The van der Waals surface area contributed by atoms with Crippen LogP contribution >= 0.6 is 0 Å². The summed E-state index contributed by atoms with van der Waals surface area (Å²) in [7, 11) is 0. The number of aliphatic hydroxyl groups is 3. The van der Waals surface area contributed by atoms with E-state index < -0.39 is 138 Å². The number of fused-ring (bicyclic) bond motifs is 2. The Morgan fingerprint density at radius 3 is 1.96 bits per heavy atom. The number of unbranched alkanes of at least 4 members (excludes halogenated alkanes) is 12. The number of aliphatic hydroxyl groups excluding tert-OH is 2. The Hall–Kier alpha value is -5.95. The number of hydrogen-bond acceptors (Lipinski definition) is 17. The summed E-state index contributed by atoms with van der Waals surface area (Å²) in [5.74, 6) is -7.58. The first-order chi connectivity index (χ1) is 40.3. The Morgan fingerprint density at radius 2 is 1.40 bits per heavy atom. The molecule has 2 aliphatic carbocycles. The van der Waals surface area contributed by atoms with Gasteiger partial charge >= 0.3 is 35.9 Å². The molecule has 18 heteroatoms. The Kier molecular flexibility index (Phi) is 26.9. The van der Waals surface area contributed by atoms with Crippen LogP contribution in [0.2, 0.25) is 0 Å². The van der Waals surface area contributed by atoms with Crippen LogP contribution in [-0.4, -0.2) is 124 Å². The number of carbonyl (C=O) groups is 7. The minimum absolute atomic E-state index is 0.0272. The molecule has 0 aromatic heterocycles. The van der Waals surface area contributed by atoms with Gasteiger partial charge in [0.2, 0.25) is 6.10 Å². The fraction of sp³-hybridized carbons (Fsp3) is 0.657. The second-order valence-electron chi connectivity index (χ2n) is 25.0.